The van der Waals surface area contributed by atoms with Crippen LogP contribution in [0.25, 0.3) is 0 Å². The summed E-state index contributed by atoms with van der Waals surface area (Å²) in [6.45, 7) is 14.1. The van der Waals surface area contributed by atoms with Crippen LogP contribution in [0.4, 0.5) is 0 Å². The van der Waals surface area contributed by atoms with Gasteiger partial charge in [-0.1, -0.05) is 110 Å². The van der Waals surface area contributed by atoms with Gasteiger partial charge in [0.1, 0.15) is 65.7 Å². The minimum absolute atomic E-state index is 0.00158. The second-order valence-electron chi connectivity index (χ2n) is 25.8. The summed E-state index contributed by atoms with van der Waals surface area (Å²) in [5.41, 5.74) is 18.6. The monoisotopic (exact) mass is 1410 g/mol. The smallest absolute Gasteiger partial charge is 0.305 e. The molecule has 0 radical (unpaired) electrons. The van der Waals surface area contributed by atoms with Crippen LogP contribution in [0.2, 0.25) is 0 Å². The van der Waals surface area contributed by atoms with Crippen molar-refractivity contribution < 1.29 is 77.3 Å². The Bertz CT molecular complexity index is 3140. The van der Waals surface area contributed by atoms with Gasteiger partial charge in [0.25, 0.3) is 0 Å². The number of hydrogen-bond donors (Lipinski definition) is 17. The maximum atomic E-state index is 14.9. The number of aromatic amines is 1. The molecule has 2 aromatic rings. The molecule has 0 aliphatic carbocycles. The third kappa shape index (κ3) is 27.7. The molecule has 0 saturated carbocycles. The number of thioether (sulfide) groups is 1. The Morgan fingerprint density at radius 3 is 1.87 bits per heavy atom. The minimum Gasteiger partial charge on any atom is -0.481 e. The SMILES string of the molecule is CCC(C)[C@@H]1NC(=O)[C@@H](CCCN)NC(=O)[C@@H](NC(=O)[C@@H](NC(=O)[C@@H](CCC(=O)O)NC(=O)[C@H](CC(C)C)NC(=O)C2CN=C([C@H](N)C(C)C)S2)C(C)CC)CCCCNC(=O)[C@H](CC(N)=O)NC(=O)[C@@H](CC(=O)O)NC(=O)[C@H](Cc2cnc[nH]2)NC(=O)[C@H](Cc2ccccc2)NC1=O. The van der Waals surface area contributed by atoms with Gasteiger partial charge in [-0.15, -0.1) is 0 Å². The second-order valence-corrected chi connectivity index (χ2v) is 27.0. The number of primary amides is 1. The molecule has 2 aliphatic heterocycles. The number of nitrogens with two attached hydrogens (primary N) is 3. The summed E-state index contributed by atoms with van der Waals surface area (Å²) in [7, 11) is 0. The molecule has 2 aliphatic rings. The number of aliphatic imine (C=N–C) groups is 1. The molecule has 548 valence electrons. The average Bonchev–Trinajstić information content (AvgIpc) is 1.83. The van der Waals surface area contributed by atoms with Gasteiger partial charge in [-0.2, -0.15) is 0 Å². The number of aliphatic carboxylic acids is 2. The van der Waals surface area contributed by atoms with E-state index in [4.69, 9.17) is 17.2 Å². The normalized spacial score (nSPS) is 23.0. The largest absolute Gasteiger partial charge is 0.481 e. The molecule has 1 saturated heterocycles. The molecule has 3 unspecified atom stereocenters. The van der Waals surface area contributed by atoms with Crippen molar-refractivity contribution in [1.29, 1.82) is 0 Å². The second kappa shape index (κ2) is 41.4. The maximum Gasteiger partial charge on any atom is 0.305 e. The number of nitrogens with zero attached hydrogens (tertiary/aromatic N) is 2. The van der Waals surface area contributed by atoms with Gasteiger partial charge in [-0.25, -0.2) is 4.98 Å². The summed E-state index contributed by atoms with van der Waals surface area (Å²) in [5.74, 6) is -15.7. The molecule has 0 bridgehead atoms. The first-order valence-electron chi connectivity index (χ1n) is 33.6. The van der Waals surface area contributed by atoms with E-state index in [1.54, 1.807) is 58.0 Å². The predicted molar refractivity (Wildman–Crippen MR) is 365 cm³/mol. The number of imidazole rings is 1. The fourth-order valence-corrected chi connectivity index (χ4v) is 11.8. The number of aromatic nitrogens is 2. The highest BCUT2D eigenvalue weighted by molar-refractivity contribution is 8.15. The number of carboxylic acids is 2. The number of amides is 12. The number of H-pyrrole nitrogens is 1. The topological polar surface area (TPSA) is 531 Å². The number of carbonyl (C=O) groups excluding carboxylic acids is 12. The van der Waals surface area contributed by atoms with Crippen molar-refractivity contribution in [2.75, 3.05) is 19.6 Å². The van der Waals surface area contributed by atoms with Crippen LogP contribution in [-0.4, -0.2) is 199 Å². The highest BCUT2D eigenvalue weighted by atomic mass is 32.2. The zero-order valence-electron chi connectivity index (χ0n) is 57.4. The van der Waals surface area contributed by atoms with E-state index in [1.807, 2.05) is 27.7 Å². The lowest BCUT2D eigenvalue weighted by Crippen LogP contribution is -2.62. The van der Waals surface area contributed by atoms with Gasteiger partial charge >= 0.3 is 11.9 Å². The van der Waals surface area contributed by atoms with Crippen molar-refractivity contribution in [3.8, 4) is 0 Å². The van der Waals surface area contributed by atoms with E-state index in [9.17, 15) is 77.3 Å². The quantitative estimate of drug-likeness (QED) is 0.0400. The number of hydrogen-bond acceptors (Lipinski definition) is 19. The Morgan fingerprint density at radius 1 is 0.677 bits per heavy atom. The molecule has 1 aromatic heterocycles. The van der Waals surface area contributed by atoms with Crippen molar-refractivity contribution in [2.45, 2.75) is 217 Å². The Hall–Kier alpha value is -9.05. The number of carbonyl (C=O) groups is 14. The highest BCUT2D eigenvalue weighted by Crippen LogP contribution is 2.26. The van der Waals surface area contributed by atoms with Crippen molar-refractivity contribution in [1.82, 2.24) is 68.5 Å². The Labute approximate surface area is 579 Å². The van der Waals surface area contributed by atoms with Gasteiger partial charge in [0.2, 0.25) is 70.9 Å². The van der Waals surface area contributed by atoms with Crippen LogP contribution in [0, 0.1) is 23.7 Å². The first-order chi connectivity index (χ1) is 46.8. The van der Waals surface area contributed by atoms with E-state index >= 15 is 0 Å². The molecular formula is C65H101N17O16S. The molecule has 99 heavy (non-hydrogen) atoms. The molecule has 4 rings (SSSR count). The summed E-state index contributed by atoms with van der Waals surface area (Å²) < 4.78 is 0. The Morgan fingerprint density at radius 2 is 1.28 bits per heavy atom. The highest BCUT2D eigenvalue weighted by Gasteiger charge is 2.40. The van der Waals surface area contributed by atoms with Gasteiger partial charge in [0.05, 0.1) is 36.8 Å². The van der Waals surface area contributed by atoms with Crippen molar-refractivity contribution >= 4 is 99.6 Å². The van der Waals surface area contributed by atoms with Crippen LogP contribution in [0.3, 0.4) is 0 Å². The Kier molecular flexibility index (Phi) is 34.4. The molecule has 1 aromatic carbocycles. The van der Waals surface area contributed by atoms with Crippen LogP contribution in [0.5, 0.6) is 0 Å². The first kappa shape index (κ1) is 82.4. The average molecular weight is 1410 g/mol. The summed E-state index contributed by atoms with van der Waals surface area (Å²) in [4.78, 5) is 206. The summed E-state index contributed by atoms with van der Waals surface area (Å²) in [6, 6.07) is -7.46. The van der Waals surface area contributed by atoms with Crippen LogP contribution < -0.4 is 75.7 Å². The van der Waals surface area contributed by atoms with Crippen molar-refractivity contribution in [3.05, 3.63) is 54.1 Å². The first-order valence-corrected chi connectivity index (χ1v) is 34.4. The number of rotatable bonds is 30. The molecule has 33 nitrogen and oxygen atoms in total. The third-order valence-corrected chi connectivity index (χ3v) is 18.2. The van der Waals surface area contributed by atoms with E-state index < -0.39 is 192 Å². The van der Waals surface area contributed by atoms with Gasteiger partial charge in [-0.05, 0) is 80.7 Å². The molecule has 1 fully saturated rings. The van der Waals surface area contributed by atoms with Gasteiger partial charge < -0.3 is 90.9 Å². The summed E-state index contributed by atoms with van der Waals surface area (Å²) >= 11 is 1.19. The van der Waals surface area contributed by atoms with Gasteiger partial charge in [-0.3, -0.25) is 72.1 Å². The zero-order chi connectivity index (χ0) is 73.6. The van der Waals surface area contributed by atoms with Crippen LogP contribution in [-0.2, 0) is 80.0 Å². The Balaban J connectivity index is 1.77. The molecule has 3 heterocycles. The molecule has 0 spiro atoms. The van der Waals surface area contributed by atoms with Gasteiger partial charge in [0, 0.05) is 37.7 Å². The minimum atomic E-state index is -1.94. The standard InChI is InChI=1S/C65H101N17O16S/c1-9-35(7)52(82-57(91)41(21-22-49(84)85)74-58(92)42(25-33(3)4)79-62(96)47-31-71-65(99-47)51(68)34(5)6)63(97)75-39-19-14-15-24-70-54(88)45(28-48(67)83)77-61(95)46(29-50(86)87)78-60(94)44(27-38-30-69-32-72-38)76-59(93)43(26-37-17-12-11-13-18-37)80-64(98)53(36(8)10-2)81-56(90)40(20-16-23-66)73-55(39)89/h11-13,17-18,30,32-36,39-47,51-53H,9-10,14-16,19-29,31,66,68H2,1-8H3,(H2,67,83)(H,69,72)(H,70,88)(H,73,89)(H,74,92)(H,75,97)(H,76,93)(H,77,95)(H,78,94)(H,79,96)(H,80,98)(H,81,90)(H,82,91)(H,84,85)(H,86,87)/t35?,36?,39-,40+,41+,42-,43-,44-,45-,46+,47?,51+,52-,53-/m0/s1. The molecule has 34 heteroatoms. The molecule has 20 N–H and O–H groups in total. The van der Waals surface area contributed by atoms with Crippen LogP contribution in [0.1, 0.15) is 144 Å². The fourth-order valence-electron chi connectivity index (χ4n) is 10.6. The molecular weight excluding hydrogens is 1310 g/mol. The number of nitrogens with one attached hydrogen (secondary N) is 12. The summed E-state index contributed by atoms with van der Waals surface area (Å²) in [5, 5.41) is 48.3. The van der Waals surface area contributed by atoms with Gasteiger partial charge in [0.15, 0.2) is 0 Å². The van der Waals surface area contributed by atoms with Crippen molar-refractivity contribution in [2.24, 2.45) is 45.9 Å². The van der Waals surface area contributed by atoms with E-state index in [-0.39, 0.29) is 95.7 Å². The summed E-state index contributed by atoms with van der Waals surface area (Å²) in [6.07, 6.45) is -0.396. The lowest BCUT2D eigenvalue weighted by Gasteiger charge is -2.30. The van der Waals surface area contributed by atoms with E-state index in [0.29, 0.717) is 16.3 Å². The number of carboxylic acid groups (broad SMARTS) is 2. The molecule has 12 amide bonds. The lowest BCUT2D eigenvalue weighted by molar-refractivity contribution is -0.142. The van der Waals surface area contributed by atoms with Crippen LogP contribution >= 0.6 is 11.8 Å². The maximum absolute atomic E-state index is 14.9. The van der Waals surface area contributed by atoms with Crippen molar-refractivity contribution in [3.63, 3.8) is 0 Å². The van der Waals surface area contributed by atoms with E-state index in [0.717, 1.165) is 0 Å². The number of benzene rings is 1. The van der Waals surface area contributed by atoms with E-state index in [2.05, 4.69) is 73.4 Å². The van der Waals surface area contributed by atoms with E-state index in [1.165, 1.54) is 24.3 Å². The fraction of sp³-hybridized carbons (Fsp3) is 0.631. The predicted octanol–water partition coefficient (Wildman–Crippen LogP) is -2.07. The zero-order valence-corrected chi connectivity index (χ0v) is 58.3. The lowest BCUT2D eigenvalue weighted by atomic mass is 9.96. The molecule has 14 atom stereocenters. The van der Waals surface area contributed by atoms with Crippen LogP contribution in [0.15, 0.2) is 47.8 Å². The third-order valence-electron chi connectivity index (χ3n) is 16.9.